The molecular formula is C14H22N2O6S4. The average Bonchev–Trinajstić information content (AvgIpc) is 2.53. The van der Waals surface area contributed by atoms with Gasteiger partial charge in [-0.3, -0.25) is 9.11 Å². The molecule has 2 rings (SSSR count). The van der Waals surface area contributed by atoms with Crippen LogP contribution in [0, 0.1) is 0 Å². The van der Waals surface area contributed by atoms with Gasteiger partial charge in [-0.25, -0.2) is 0 Å². The number of fused-ring (bicyclic) bond motifs is 1. The van der Waals surface area contributed by atoms with Crippen LogP contribution in [0.25, 0.3) is 0 Å². The number of benzene rings is 1. The Bertz CT molecular complexity index is 732. The molecule has 1 aromatic carbocycles. The van der Waals surface area contributed by atoms with Gasteiger partial charge in [0.1, 0.15) is 10.7 Å². The molecule has 0 radical (unpaired) electrons. The van der Waals surface area contributed by atoms with E-state index in [0.29, 0.717) is 24.3 Å². The van der Waals surface area contributed by atoms with Crippen LogP contribution in [0.1, 0.15) is 12.8 Å². The molecule has 0 amide bonds. The van der Waals surface area contributed by atoms with Crippen molar-refractivity contribution in [2.45, 2.75) is 23.6 Å². The molecule has 1 aliphatic heterocycles. The van der Waals surface area contributed by atoms with E-state index in [0.717, 1.165) is 11.4 Å². The Kier molecular flexibility index (Phi) is 7.91. The van der Waals surface area contributed by atoms with E-state index in [4.69, 9.17) is 9.11 Å². The fourth-order valence-electron chi connectivity index (χ4n) is 2.35. The summed E-state index contributed by atoms with van der Waals surface area (Å²) < 4.78 is 60.9. The van der Waals surface area contributed by atoms with Gasteiger partial charge in [0.15, 0.2) is 0 Å². The molecule has 0 saturated heterocycles. The first kappa shape index (κ1) is 21.6. The van der Waals surface area contributed by atoms with E-state index >= 15 is 0 Å². The Balaban J connectivity index is 1.92. The molecule has 1 aliphatic rings. The largest absolute Gasteiger partial charge is 0.369 e. The number of hydrogen-bond acceptors (Lipinski definition) is 8. The molecule has 2 atom stereocenters. The van der Waals surface area contributed by atoms with Crippen molar-refractivity contribution in [2.24, 2.45) is 0 Å². The maximum atomic E-state index is 10.8. The molecule has 8 nitrogen and oxygen atoms in total. The summed E-state index contributed by atoms with van der Waals surface area (Å²) in [5.74, 6) is 0.540. The van der Waals surface area contributed by atoms with Crippen molar-refractivity contribution in [3.63, 3.8) is 0 Å². The Labute approximate surface area is 162 Å². The van der Waals surface area contributed by atoms with Crippen LogP contribution in [0.5, 0.6) is 0 Å². The summed E-state index contributed by atoms with van der Waals surface area (Å²) in [4.78, 5) is 0. The van der Waals surface area contributed by atoms with Gasteiger partial charge in [-0.05, 0) is 36.5 Å². The fourth-order valence-corrected chi connectivity index (χ4v) is 6.25. The highest BCUT2D eigenvalue weighted by Gasteiger charge is 2.28. The Morgan fingerprint density at radius 3 is 1.54 bits per heavy atom. The molecule has 148 valence electrons. The molecule has 0 bridgehead atoms. The predicted molar refractivity (Wildman–Crippen MR) is 108 cm³/mol. The molecule has 0 aromatic heterocycles. The molecule has 1 aromatic rings. The number of hydrogen-bond donors (Lipinski definition) is 4. The predicted octanol–water partition coefficient (Wildman–Crippen LogP) is 2.20. The van der Waals surface area contributed by atoms with E-state index < -0.39 is 20.2 Å². The van der Waals surface area contributed by atoms with Crippen LogP contribution in [0.15, 0.2) is 24.3 Å². The van der Waals surface area contributed by atoms with Crippen molar-refractivity contribution in [1.82, 2.24) is 0 Å². The lowest BCUT2D eigenvalue weighted by molar-refractivity contribution is 0.480. The summed E-state index contributed by atoms with van der Waals surface area (Å²) in [5.41, 5.74) is 1.88. The van der Waals surface area contributed by atoms with E-state index in [1.165, 1.54) is 23.5 Å². The third kappa shape index (κ3) is 7.92. The molecule has 4 N–H and O–H groups in total. The van der Waals surface area contributed by atoms with Crippen LogP contribution in [0.2, 0.25) is 0 Å². The molecule has 0 fully saturated rings. The maximum absolute atomic E-state index is 10.8. The average molecular weight is 443 g/mol. The topological polar surface area (TPSA) is 133 Å². The van der Waals surface area contributed by atoms with E-state index in [1.54, 1.807) is 0 Å². The van der Waals surface area contributed by atoms with Gasteiger partial charge < -0.3 is 10.6 Å². The summed E-state index contributed by atoms with van der Waals surface area (Å²) in [5, 5.41) is 6.70. The van der Waals surface area contributed by atoms with Crippen LogP contribution >= 0.6 is 23.5 Å². The highest BCUT2D eigenvalue weighted by molar-refractivity contribution is 8.04. The molecular weight excluding hydrogens is 420 g/mol. The summed E-state index contributed by atoms with van der Waals surface area (Å²) in [6.07, 6.45) is 0.674. The molecule has 0 aliphatic carbocycles. The number of thioether (sulfide) groups is 2. The van der Waals surface area contributed by atoms with E-state index in [-0.39, 0.29) is 22.3 Å². The van der Waals surface area contributed by atoms with E-state index in [2.05, 4.69) is 10.6 Å². The van der Waals surface area contributed by atoms with Gasteiger partial charge in [0.2, 0.25) is 0 Å². The zero-order valence-corrected chi connectivity index (χ0v) is 17.1. The van der Waals surface area contributed by atoms with E-state index in [1.807, 2.05) is 24.3 Å². The first-order chi connectivity index (χ1) is 12.1. The monoisotopic (exact) mass is 442 g/mol. The van der Waals surface area contributed by atoms with Crippen LogP contribution in [-0.4, -0.2) is 59.7 Å². The van der Waals surface area contributed by atoms with Crippen molar-refractivity contribution in [2.75, 3.05) is 33.6 Å². The molecule has 26 heavy (non-hydrogen) atoms. The van der Waals surface area contributed by atoms with Gasteiger partial charge in [-0.15, -0.1) is 23.5 Å². The highest BCUT2D eigenvalue weighted by atomic mass is 32.2. The number of para-hydroxylation sites is 2. The summed E-state index contributed by atoms with van der Waals surface area (Å²) in [7, 11) is -7.91. The van der Waals surface area contributed by atoms with Gasteiger partial charge in [0, 0.05) is 0 Å². The lowest BCUT2D eigenvalue weighted by Gasteiger charge is -2.35. The van der Waals surface area contributed by atoms with Crippen LogP contribution < -0.4 is 10.6 Å². The smallest absolute Gasteiger partial charge is 0.264 e. The van der Waals surface area contributed by atoms with Crippen molar-refractivity contribution in [1.29, 1.82) is 0 Å². The first-order valence-electron chi connectivity index (χ1n) is 7.90. The SMILES string of the molecule is O=S(=O)(O)CCCSC1Nc2ccccc2NC1SCCCS(=O)(=O)O. The number of nitrogens with one attached hydrogen (secondary N) is 2. The van der Waals surface area contributed by atoms with Crippen molar-refractivity contribution in [3.8, 4) is 0 Å². The fraction of sp³-hybridized carbons (Fsp3) is 0.571. The van der Waals surface area contributed by atoms with Gasteiger partial charge in [0.25, 0.3) is 20.2 Å². The zero-order valence-electron chi connectivity index (χ0n) is 13.9. The van der Waals surface area contributed by atoms with Crippen LogP contribution in [0.3, 0.4) is 0 Å². The second kappa shape index (κ2) is 9.51. The number of rotatable bonds is 10. The van der Waals surface area contributed by atoms with Crippen LogP contribution in [0.4, 0.5) is 11.4 Å². The van der Waals surface area contributed by atoms with Gasteiger partial charge in [0.05, 0.1) is 22.9 Å². The molecule has 0 saturated carbocycles. The van der Waals surface area contributed by atoms with E-state index in [9.17, 15) is 16.8 Å². The molecule has 12 heteroatoms. The Hall–Kier alpha value is -0.660. The van der Waals surface area contributed by atoms with Crippen LogP contribution in [-0.2, 0) is 20.2 Å². The minimum absolute atomic E-state index is 0.0537. The summed E-state index contributed by atoms with van der Waals surface area (Å²) in [6.45, 7) is 0. The van der Waals surface area contributed by atoms with Gasteiger partial charge in [-0.2, -0.15) is 16.8 Å². The highest BCUT2D eigenvalue weighted by Crippen LogP contribution is 2.36. The minimum Gasteiger partial charge on any atom is -0.369 e. The zero-order chi connectivity index (χ0) is 19.2. The third-order valence-electron chi connectivity index (χ3n) is 3.49. The second-order valence-corrected chi connectivity index (χ2v) is 11.3. The standard InChI is InChI=1S/C14H22N2O6S4/c17-25(18,19)9-3-7-23-13-14(24-8-4-10-26(20,21)22)16-12-6-2-1-5-11(12)15-13/h1-2,5-6,13-16H,3-4,7-10H2,(H,17,18,19)(H,20,21,22). The summed E-state index contributed by atoms with van der Waals surface area (Å²) in [6, 6.07) is 7.70. The Morgan fingerprint density at radius 2 is 1.19 bits per heavy atom. The van der Waals surface area contributed by atoms with Crippen molar-refractivity contribution >= 4 is 55.1 Å². The normalized spacial score (nSPS) is 20.1. The quantitative estimate of drug-likeness (QED) is 0.316. The van der Waals surface area contributed by atoms with Crippen molar-refractivity contribution < 1.29 is 25.9 Å². The molecule has 1 heterocycles. The van der Waals surface area contributed by atoms with Gasteiger partial charge in [-0.1, -0.05) is 12.1 Å². The lowest BCUT2D eigenvalue weighted by Crippen LogP contribution is -2.39. The minimum atomic E-state index is -3.96. The first-order valence-corrected chi connectivity index (χ1v) is 13.2. The number of anilines is 2. The molecule has 0 spiro atoms. The Morgan fingerprint density at radius 1 is 0.808 bits per heavy atom. The van der Waals surface area contributed by atoms with Crippen molar-refractivity contribution in [3.05, 3.63) is 24.3 Å². The maximum Gasteiger partial charge on any atom is 0.264 e. The van der Waals surface area contributed by atoms with Gasteiger partial charge >= 0.3 is 0 Å². The third-order valence-corrected chi connectivity index (χ3v) is 7.81. The second-order valence-electron chi connectivity index (χ2n) is 5.70. The lowest BCUT2D eigenvalue weighted by atomic mass is 10.2. The summed E-state index contributed by atoms with van der Waals surface area (Å²) >= 11 is 3.07. The molecule has 2 unspecified atom stereocenters.